The van der Waals surface area contributed by atoms with Gasteiger partial charge >= 0.3 is 6.03 Å². The third kappa shape index (κ3) is 5.89. The predicted octanol–water partition coefficient (Wildman–Crippen LogP) is 4.57. The van der Waals surface area contributed by atoms with Gasteiger partial charge in [-0.25, -0.2) is 4.79 Å². The summed E-state index contributed by atoms with van der Waals surface area (Å²) in [6, 6.07) is 18.0. The van der Waals surface area contributed by atoms with Gasteiger partial charge in [-0.1, -0.05) is 43.3 Å². The Morgan fingerprint density at radius 3 is 2.60 bits per heavy atom. The van der Waals surface area contributed by atoms with Crippen LogP contribution in [0, 0.1) is 11.8 Å². The van der Waals surface area contributed by atoms with E-state index in [-0.39, 0.29) is 42.8 Å². The summed E-state index contributed by atoms with van der Waals surface area (Å²) >= 11 is 0. The van der Waals surface area contributed by atoms with Gasteiger partial charge in [0.1, 0.15) is 11.9 Å². The van der Waals surface area contributed by atoms with Crippen LogP contribution in [0.3, 0.4) is 0 Å². The topological polar surface area (TPSA) is 111 Å². The Kier molecular flexibility index (Phi) is 7.93. The minimum absolute atomic E-state index is 0.0284. The maximum atomic E-state index is 13.6. The molecule has 1 fully saturated rings. The van der Waals surface area contributed by atoms with Crippen molar-refractivity contribution in [3.05, 3.63) is 66.2 Å². The smallest absolute Gasteiger partial charge is 0.321 e. The van der Waals surface area contributed by atoms with Crippen molar-refractivity contribution in [2.24, 2.45) is 11.8 Å². The lowest BCUT2D eigenvalue weighted by atomic mass is 9.99. The van der Waals surface area contributed by atoms with Crippen LogP contribution in [-0.2, 0) is 4.79 Å². The van der Waals surface area contributed by atoms with Crippen LogP contribution in [0.5, 0.6) is 5.75 Å². The number of hydrogen-bond donors (Lipinski definition) is 3. The second kappa shape index (κ2) is 11.6. The molecule has 0 saturated heterocycles. The van der Waals surface area contributed by atoms with E-state index in [1.807, 2.05) is 49.4 Å². The van der Waals surface area contributed by atoms with Crippen molar-refractivity contribution >= 4 is 40.0 Å². The van der Waals surface area contributed by atoms with Gasteiger partial charge in [-0.05, 0) is 49.4 Å². The van der Waals surface area contributed by atoms with E-state index in [2.05, 4.69) is 10.6 Å². The zero-order chi connectivity index (χ0) is 28.4. The largest absolute Gasteiger partial charge is 0.487 e. The highest BCUT2D eigenvalue weighted by molar-refractivity contribution is 6.02. The third-order valence-corrected chi connectivity index (χ3v) is 7.71. The number of benzene rings is 3. The molecule has 2 aliphatic rings. The van der Waals surface area contributed by atoms with Crippen molar-refractivity contribution in [1.82, 2.24) is 9.80 Å². The van der Waals surface area contributed by atoms with Crippen molar-refractivity contribution in [1.29, 1.82) is 0 Å². The Morgan fingerprint density at radius 2 is 1.85 bits per heavy atom. The molecule has 9 heteroatoms. The summed E-state index contributed by atoms with van der Waals surface area (Å²) in [6.45, 7) is 4.19. The summed E-state index contributed by atoms with van der Waals surface area (Å²) < 4.78 is 6.40. The molecular weight excluding hydrogens is 508 g/mol. The molecule has 4 amide bonds. The Bertz CT molecular complexity index is 1420. The van der Waals surface area contributed by atoms with Gasteiger partial charge in [-0.3, -0.25) is 9.59 Å². The fourth-order valence-electron chi connectivity index (χ4n) is 5.01. The number of likely N-dealkylation sites (N-methyl/N-ethyl adjacent to an activating group) is 1. The van der Waals surface area contributed by atoms with E-state index in [0.717, 1.165) is 29.3 Å². The Balaban J connectivity index is 1.37. The van der Waals surface area contributed by atoms with E-state index < -0.39 is 12.1 Å². The minimum atomic E-state index is -0.435. The van der Waals surface area contributed by atoms with Crippen molar-refractivity contribution in [2.75, 3.05) is 37.4 Å². The molecule has 0 spiro atoms. The van der Waals surface area contributed by atoms with E-state index in [1.54, 1.807) is 42.0 Å². The highest BCUT2D eigenvalue weighted by Crippen LogP contribution is 2.33. The van der Waals surface area contributed by atoms with E-state index in [1.165, 1.54) is 0 Å². The van der Waals surface area contributed by atoms with Crippen molar-refractivity contribution < 1.29 is 24.2 Å². The summed E-state index contributed by atoms with van der Waals surface area (Å²) in [7, 11) is 1.71. The van der Waals surface area contributed by atoms with Gasteiger partial charge in [0.2, 0.25) is 5.91 Å². The molecular formula is C31H36N4O5. The monoisotopic (exact) mass is 544 g/mol. The summed E-state index contributed by atoms with van der Waals surface area (Å²) in [5, 5.41) is 17.8. The first kappa shape index (κ1) is 27.5. The molecule has 3 aromatic carbocycles. The number of amides is 4. The van der Waals surface area contributed by atoms with Gasteiger partial charge in [0.15, 0.2) is 0 Å². The van der Waals surface area contributed by atoms with Gasteiger partial charge in [-0.2, -0.15) is 0 Å². The van der Waals surface area contributed by atoms with Crippen molar-refractivity contribution in [3.63, 3.8) is 0 Å². The molecule has 9 nitrogen and oxygen atoms in total. The van der Waals surface area contributed by atoms with E-state index in [0.29, 0.717) is 23.5 Å². The van der Waals surface area contributed by atoms with Crippen LogP contribution >= 0.6 is 0 Å². The van der Waals surface area contributed by atoms with Crippen LogP contribution in [0.1, 0.15) is 37.0 Å². The van der Waals surface area contributed by atoms with Crippen LogP contribution in [-0.4, -0.2) is 71.6 Å². The van der Waals surface area contributed by atoms with E-state index in [4.69, 9.17) is 4.74 Å². The number of hydrogen-bond acceptors (Lipinski definition) is 5. The van der Waals surface area contributed by atoms with Crippen LogP contribution in [0.2, 0.25) is 0 Å². The van der Waals surface area contributed by atoms with Crippen LogP contribution in [0.15, 0.2) is 60.7 Å². The molecule has 5 rings (SSSR count). The molecule has 40 heavy (non-hydrogen) atoms. The molecule has 0 radical (unpaired) electrons. The number of carbonyl (C=O) groups excluding carboxylic acids is 3. The SMILES string of the molecule is C[C@H]1CN([C@@H](C)CO)C(=O)c2cc(NC(=O)C3CC3)ccc2O[C@@H]1CN(C)C(=O)Nc1cccc2ccccc12. The summed E-state index contributed by atoms with van der Waals surface area (Å²) in [4.78, 5) is 42.4. The number of urea groups is 1. The molecule has 0 bridgehead atoms. The first-order valence-corrected chi connectivity index (χ1v) is 13.8. The van der Waals surface area contributed by atoms with E-state index in [9.17, 15) is 19.5 Å². The number of aliphatic hydroxyl groups is 1. The Hall–Kier alpha value is -4.11. The average Bonchev–Trinajstić information content (AvgIpc) is 3.81. The zero-order valence-corrected chi connectivity index (χ0v) is 23.1. The Morgan fingerprint density at radius 1 is 1.10 bits per heavy atom. The maximum absolute atomic E-state index is 13.6. The second-order valence-electron chi connectivity index (χ2n) is 10.9. The van der Waals surface area contributed by atoms with Gasteiger partial charge in [-0.15, -0.1) is 0 Å². The van der Waals surface area contributed by atoms with Crippen LogP contribution in [0.4, 0.5) is 16.2 Å². The number of rotatable bonds is 7. The number of aliphatic hydroxyl groups excluding tert-OH is 1. The molecule has 3 aromatic rings. The molecule has 3 N–H and O–H groups in total. The minimum Gasteiger partial charge on any atom is -0.487 e. The summed E-state index contributed by atoms with van der Waals surface area (Å²) in [5.41, 5.74) is 1.57. The average molecular weight is 545 g/mol. The molecule has 1 heterocycles. The molecule has 3 atom stereocenters. The second-order valence-corrected chi connectivity index (χ2v) is 10.9. The molecule has 1 aliphatic carbocycles. The normalized spacial score (nSPS) is 19.6. The third-order valence-electron chi connectivity index (χ3n) is 7.71. The fraction of sp³-hybridized carbons (Fsp3) is 0.387. The molecule has 210 valence electrons. The van der Waals surface area contributed by atoms with Gasteiger partial charge in [0.25, 0.3) is 5.91 Å². The molecule has 1 aliphatic heterocycles. The highest BCUT2D eigenvalue weighted by Gasteiger charge is 2.35. The number of ether oxygens (including phenoxy) is 1. The number of anilines is 2. The first-order chi connectivity index (χ1) is 19.2. The highest BCUT2D eigenvalue weighted by atomic mass is 16.5. The first-order valence-electron chi connectivity index (χ1n) is 13.8. The fourth-order valence-corrected chi connectivity index (χ4v) is 5.01. The molecule has 0 unspecified atom stereocenters. The van der Waals surface area contributed by atoms with Gasteiger partial charge in [0, 0.05) is 36.5 Å². The van der Waals surface area contributed by atoms with Crippen LogP contribution < -0.4 is 15.4 Å². The predicted molar refractivity (Wildman–Crippen MR) is 155 cm³/mol. The number of nitrogens with zero attached hydrogens (tertiary/aromatic N) is 2. The maximum Gasteiger partial charge on any atom is 0.321 e. The number of carbonyl (C=O) groups is 3. The molecule has 0 aromatic heterocycles. The summed E-state index contributed by atoms with van der Waals surface area (Å²) in [6.07, 6.45) is 1.32. The van der Waals surface area contributed by atoms with E-state index >= 15 is 0 Å². The van der Waals surface area contributed by atoms with Gasteiger partial charge in [0.05, 0.1) is 30.4 Å². The van der Waals surface area contributed by atoms with Crippen molar-refractivity contribution in [2.45, 2.75) is 38.8 Å². The van der Waals surface area contributed by atoms with Gasteiger partial charge < -0.3 is 30.3 Å². The van der Waals surface area contributed by atoms with Crippen LogP contribution in [0.25, 0.3) is 10.8 Å². The standard InChI is InChI=1S/C31H36N4O5/c1-19-16-35(20(2)18-36)30(38)25-15-23(32-29(37)22-11-12-22)13-14-27(25)40-28(19)17-34(3)31(39)33-26-10-6-8-21-7-4-5-9-24(21)26/h4-10,13-15,19-20,22,28,36H,11-12,16-18H2,1-3H3,(H,32,37)(H,33,39)/t19-,20-,28+/m0/s1. The summed E-state index contributed by atoms with van der Waals surface area (Å²) in [5.74, 6) is -0.0608. The lowest BCUT2D eigenvalue weighted by molar-refractivity contribution is -0.117. The lowest BCUT2D eigenvalue weighted by Crippen LogP contribution is -2.50. The molecule has 1 saturated carbocycles. The quantitative estimate of drug-likeness (QED) is 0.404. The lowest BCUT2D eigenvalue weighted by Gasteiger charge is -2.38. The Labute approximate surface area is 234 Å². The van der Waals surface area contributed by atoms with Crippen molar-refractivity contribution in [3.8, 4) is 5.75 Å². The zero-order valence-electron chi connectivity index (χ0n) is 23.1. The number of fused-ring (bicyclic) bond motifs is 2. The number of nitrogens with one attached hydrogen (secondary N) is 2.